The van der Waals surface area contributed by atoms with Gasteiger partial charge in [0.15, 0.2) is 0 Å². The Morgan fingerprint density at radius 3 is 1.52 bits per heavy atom. The predicted molar refractivity (Wildman–Crippen MR) is 110 cm³/mol. The monoisotopic (exact) mass is 366 g/mol. The molecule has 27 heavy (non-hydrogen) atoms. The Labute approximate surface area is 162 Å². The zero-order valence-electron chi connectivity index (χ0n) is 16.9. The van der Waals surface area contributed by atoms with Crippen molar-refractivity contribution in [2.45, 2.75) is 52.5 Å². The van der Waals surface area contributed by atoms with Crippen LogP contribution in [0.4, 0.5) is 0 Å². The molecule has 0 saturated carbocycles. The molecule has 0 aliphatic heterocycles. The van der Waals surface area contributed by atoms with E-state index in [0.717, 1.165) is 0 Å². The van der Waals surface area contributed by atoms with Crippen molar-refractivity contribution >= 4 is 11.8 Å². The van der Waals surface area contributed by atoms with Crippen LogP contribution in [0.3, 0.4) is 0 Å². The molecule has 2 aromatic rings. The van der Waals surface area contributed by atoms with Crippen LogP contribution in [-0.2, 0) is 0 Å². The van der Waals surface area contributed by atoms with Gasteiger partial charge in [-0.15, -0.1) is 0 Å². The molecule has 0 aromatic heterocycles. The van der Waals surface area contributed by atoms with Crippen molar-refractivity contribution in [3.05, 3.63) is 70.8 Å². The second-order valence-corrected chi connectivity index (χ2v) is 7.64. The highest BCUT2D eigenvalue weighted by atomic mass is 16.2. The van der Waals surface area contributed by atoms with E-state index in [2.05, 4.69) is 38.3 Å². The van der Waals surface area contributed by atoms with Crippen molar-refractivity contribution in [3.63, 3.8) is 0 Å². The fourth-order valence-electron chi connectivity index (χ4n) is 2.74. The number of rotatable bonds is 7. The van der Waals surface area contributed by atoms with Crippen LogP contribution in [0.1, 0.15) is 78.3 Å². The molecule has 2 rings (SSSR count). The van der Waals surface area contributed by atoms with Gasteiger partial charge in [-0.3, -0.25) is 9.59 Å². The van der Waals surface area contributed by atoms with E-state index in [-0.39, 0.29) is 17.9 Å². The van der Waals surface area contributed by atoms with Crippen molar-refractivity contribution in [2.75, 3.05) is 6.54 Å². The van der Waals surface area contributed by atoms with E-state index in [4.69, 9.17) is 0 Å². The SMILES string of the molecule is CC(CNC(=O)c1ccc(C(C)C)cc1)NC(=O)c1ccc(C(C)C)cc1. The first-order valence-corrected chi connectivity index (χ1v) is 9.57. The standard InChI is InChI=1S/C23H30N2O2/c1-15(2)18-6-10-20(11-7-18)22(26)24-14-17(5)25-23(27)21-12-8-19(9-13-21)16(3)4/h6-13,15-17H,14H2,1-5H3,(H,24,26)(H,25,27). The number of hydrogen-bond acceptors (Lipinski definition) is 2. The van der Waals surface area contributed by atoms with E-state index in [1.807, 2.05) is 55.5 Å². The summed E-state index contributed by atoms with van der Waals surface area (Å²) in [7, 11) is 0. The number of benzene rings is 2. The van der Waals surface area contributed by atoms with E-state index in [0.29, 0.717) is 29.5 Å². The number of carbonyl (C=O) groups excluding carboxylic acids is 2. The number of carbonyl (C=O) groups is 2. The molecule has 0 spiro atoms. The lowest BCUT2D eigenvalue weighted by molar-refractivity contribution is 0.0912. The molecule has 0 heterocycles. The number of nitrogens with one attached hydrogen (secondary N) is 2. The number of amides is 2. The Bertz CT molecular complexity index is 762. The highest BCUT2D eigenvalue weighted by Crippen LogP contribution is 2.15. The van der Waals surface area contributed by atoms with Gasteiger partial charge in [-0.05, 0) is 54.2 Å². The average Bonchev–Trinajstić information content (AvgIpc) is 2.66. The molecule has 1 unspecified atom stereocenters. The molecule has 2 amide bonds. The Kier molecular flexibility index (Phi) is 7.17. The van der Waals surface area contributed by atoms with E-state index >= 15 is 0 Å². The molecule has 2 aromatic carbocycles. The van der Waals surface area contributed by atoms with Crippen LogP contribution in [0.15, 0.2) is 48.5 Å². The minimum Gasteiger partial charge on any atom is -0.350 e. The fourth-order valence-corrected chi connectivity index (χ4v) is 2.74. The van der Waals surface area contributed by atoms with Crippen molar-refractivity contribution in [1.82, 2.24) is 10.6 Å². The normalized spacial score (nSPS) is 12.1. The molecule has 4 heteroatoms. The maximum Gasteiger partial charge on any atom is 0.251 e. The molecular formula is C23H30N2O2. The molecule has 2 N–H and O–H groups in total. The molecule has 144 valence electrons. The predicted octanol–water partition coefficient (Wildman–Crippen LogP) is 4.48. The first-order valence-electron chi connectivity index (χ1n) is 9.57. The third kappa shape index (κ3) is 5.95. The van der Waals surface area contributed by atoms with Gasteiger partial charge >= 0.3 is 0 Å². The zero-order chi connectivity index (χ0) is 20.0. The summed E-state index contributed by atoms with van der Waals surface area (Å²) in [5.74, 6) is 0.610. The van der Waals surface area contributed by atoms with Crippen LogP contribution < -0.4 is 10.6 Å². The number of hydrogen-bond donors (Lipinski definition) is 2. The Morgan fingerprint density at radius 1 is 0.704 bits per heavy atom. The summed E-state index contributed by atoms with van der Waals surface area (Å²) >= 11 is 0. The van der Waals surface area contributed by atoms with Crippen LogP contribution >= 0.6 is 0 Å². The molecule has 0 aliphatic carbocycles. The van der Waals surface area contributed by atoms with E-state index in [9.17, 15) is 9.59 Å². The van der Waals surface area contributed by atoms with Gasteiger partial charge in [0.25, 0.3) is 11.8 Å². The molecule has 0 radical (unpaired) electrons. The summed E-state index contributed by atoms with van der Waals surface area (Å²) in [6.07, 6.45) is 0. The largest absolute Gasteiger partial charge is 0.350 e. The maximum atomic E-state index is 12.3. The lowest BCUT2D eigenvalue weighted by Gasteiger charge is -2.15. The van der Waals surface area contributed by atoms with E-state index in [1.54, 1.807) is 0 Å². The minimum atomic E-state index is -0.166. The van der Waals surface area contributed by atoms with Gasteiger partial charge < -0.3 is 10.6 Å². The minimum absolute atomic E-state index is 0.131. The first kappa shape index (κ1) is 20.7. The van der Waals surface area contributed by atoms with Gasteiger partial charge in [-0.2, -0.15) is 0 Å². The van der Waals surface area contributed by atoms with Gasteiger partial charge in [0.05, 0.1) is 0 Å². The van der Waals surface area contributed by atoms with Crippen molar-refractivity contribution in [1.29, 1.82) is 0 Å². The maximum absolute atomic E-state index is 12.3. The lowest BCUT2D eigenvalue weighted by Crippen LogP contribution is -2.41. The van der Waals surface area contributed by atoms with E-state index in [1.165, 1.54) is 11.1 Å². The van der Waals surface area contributed by atoms with Gasteiger partial charge in [-0.25, -0.2) is 0 Å². The Morgan fingerprint density at radius 2 is 1.11 bits per heavy atom. The summed E-state index contributed by atoms with van der Waals surface area (Å²) in [4.78, 5) is 24.6. The summed E-state index contributed by atoms with van der Waals surface area (Å²) in [5.41, 5.74) is 3.66. The van der Waals surface area contributed by atoms with Crippen LogP contribution in [0.5, 0.6) is 0 Å². The molecule has 0 saturated heterocycles. The quantitative estimate of drug-likeness (QED) is 0.759. The summed E-state index contributed by atoms with van der Waals surface area (Å²) in [6, 6.07) is 15.1. The highest BCUT2D eigenvalue weighted by Gasteiger charge is 2.12. The fraction of sp³-hybridized carbons (Fsp3) is 0.391. The Balaban J connectivity index is 1.85. The average molecular weight is 367 g/mol. The van der Waals surface area contributed by atoms with Crippen LogP contribution in [-0.4, -0.2) is 24.4 Å². The van der Waals surface area contributed by atoms with E-state index < -0.39 is 0 Å². The smallest absolute Gasteiger partial charge is 0.251 e. The molecule has 0 fully saturated rings. The van der Waals surface area contributed by atoms with Crippen molar-refractivity contribution in [2.24, 2.45) is 0 Å². The molecule has 1 atom stereocenters. The van der Waals surface area contributed by atoms with Gasteiger partial charge in [0, 0.05) is 23.7 Å². The van der Waals surface area contributed by atoms with Crippen molar-refractivity contribution < 1.29 is 9.59 Å². The summed E-state index contributed by atoms with van der Waals surface area (Å²) in [6.45, 7) is 10.7. The van der Waals surface area contributed by atoms with Gasteiger partial charge in [0.2, 0.25) is 0 Å². The third-order valence-corrected chi connectivity index (χ3v) is 4.63. The van der Waals surface area contributed by atoms with Crippen LogP contribution in [0, 0.1) is 0 Å². The molecule has 4 nitrogen and oxygen atoms in total. The van der Waals surface area contributed by atoms with Crippen molar-refractivity contribution in [3.8, 4) is 0 Å². The second kappa shape index (κ2) is 9.36. The summed E-state index contributed by atoms with van der Waals surface area (Å²) in [5, 5.41) is 5.80. The van der Waals surface area contributed by atoms with Crippen LogP contribution in [0.25, 0.3) is 0 Å². The molecule has 0 bridgehead atoms. The first-order chi connectivity index (χ1) is 12.8. The summed E-state index contributed by atoms with van der Waals surface area (Å²) < 4.78 is 0. The molecule has 0 aliphatic rings. The van der Waals surface area contributed by atoms with Gasteiger partial charge in [-0.1, -0.05) is 52.0 Å². The third-order valence-electron chi connectivity index (χ3n) is 4.63. The second-order valence-electron chi connectivity index (χ2n) is 7.64. The van der Waals surface area contributed by atoms with Gasteiger partial charge in [0.1, 0.15) is 0 Å². The Hall–Kier alpha value is -2.62. The zero-order valence-corrected chi connectivity index (χ0v) is 16.9. The van der Waals surface area contributed by atoms with Crippen LogP contribution in [0.2, 0.25) is 0 Å². The molecular weight excluding hydrogens is 336 g/mol. The topological polar surface area (TPSA) is 58.2 Å². The highest BCUT2D eigenvalue weighted by molar-refractivity contribution is 5.95. The lowest BCUT2D eigenvalue weighted by atomic mass is 10.0.